The molecule has 11 heteroatoms. The van der Waals surface area contributed by atoms with Gasteiger partial charge in [0, 0.05) is 73.6 Å². The first kappa shape index (κ1) is 24.8. The zero-order chi connectivity index (χ0) is 25.8. The quantitative estimate of drug-likeness (QED) is 0.327. The second-order valence-electron chi connectivity index (χ2n) is 8.80. The number of ether oxygens (including phenoxy) is 2. The average molecular weight is 566 g/mol. The molecule has 2 amide bonds. The van der Waals surface area contributed by atoms with Gasteiger partial charge in [-0.3, -0.25) is 4.98 Å². The van der Waals surface area contributed by atoms with Crippen molar-refractivity contribution < 1.29 is 14.3 Å². The summed E-state index contributed by atoms with van der Waals surface area (Å²) in [5.41, 5.74) is 3.46. The summed E-state index contributed by atoms with van der Waals surface area (Å²) in [5.74, 6) is 2.33. The number of hydrogen-bond donors (Lipinski definition) is 2. The van der Waals surface area contributed by atoms with E-state index in [-0.39, 0.29) is 11.9 Å². The van der Waals surface area contributed by atoms with Gasteiger partial charge in [0.25, 0.3) is 0 Å². The third-order valence-corrected chi connectivity index (χ3v) is 7.01. The van der Waals surface area contributed by atoms with Gasteiger partial charge in [0.05, 0.1) is 24.9 Å². The number of halogens is 1. The van der Waals surface area contributed by atoms with Crippen LogP contribution in [-0.4, -0.2) is 57.8 Å². The van der Waals surface area contributed by atoms with Crippen molar-refractivity contribution in [3.8, 4) is 11.5 Å². The SMILES string of the molecule is COc1cc(NC(=O)N2CCC(c3cc(NCc4cccnc4)n4ncc(Br)c4n3)CC2)cc(OC)c1. The Morgan fingerprint density at radius 2 is 1.86 bits per heavy atom. The van der Waals surface area contributed by atoms with E-state index in [1.807, 2.05) is 23.2 Å². The summed E-state index contributed by atoms with van der Waals surface area (Å²) in [4.78, 5) is 23.9. The Hall–Kier alpha value is -3.86. The van der Waals surface area contributed by atoms with Gasteiger partial charge in [0.1, 0.15) is 17.3 Å². The van der Waals surface area contributed by atoms with Crippen LogP contribution in [0.2, 0.25) is 0 Å². The molecule has 1 saturated heterocycles. The fraction of sp³-hybridized carbons (Fsp3) is 0.308. The molecule has 4 aromatic rings. The molecule has 1 aromatic carbocycles. The summed E-state index contributed by atoms with van der Waals surface area (Å²) >= 11 is 3.57. The topological polar surface area (TPSA) is 106 Å². The molecule has 0 saturated carbocycles. The van der Waals surface area contributed by atoms with E-state index in [2.05, 4.69) is 42.7 Å². The van der Waals surface area contributed by atoms with Gasteiger partial charge < -0.3 is 25.0 Å². The van der Waals surface area contributed by atoms with Crippen LogP contribution in [0.1, 0.15) is 30.0 Å². The lowest BCUT2D eigenvalue weighted by molar-refractivity contribution is 0.194. The van der Waals surface area contributed by atoms with E-state index in [4.69, 9.17) is 14.5 Å². The molecule has 0 atom stereocenters. The minimum Gasteiger partial charge on any atom is -0.497 e. The molecule has 0 bridgehead atoms. The van der Waals surface area contributed by atoms with Gasteiger partial charge in [-0.1, -0.05) is 6.07 Å². The number of nitrogens with zero attached hydrogens (tertiary/aromatic N) is 5. The van der Waals surface area contributed by atoms with Crippen LogP contribution in [0.25, 0.3) is 5.65 Å². The fourth-order valence-electron chi connectivity index (χ4n) is 4.45. The molecule has 1 fully saturated rings. The maximum absolute atomic E-state index is 13.0. The number of pyridine rings is 1. The van der Waals surface area contributed by atoms with E-state index in [1.54, 1.807) is 49.3 Å². The van der Waals surface area contributed by atoms with E-state index in [9.17, 15) is 4.79 Å². The number of anilines is 2. The molecule has 10 nitrogen and oxygen atoms in total. The standard InChI is InChI=1S/C26H28BrN7O3/c1-36-20-10-19(11-21(12-20)37-2)31-26(35)33-8-5-18(6-9-33)23-13-24(29-15-17-4-3-7-28-14-17)34-25(32-23)22(27)16-30-34/h3-4,7,10-14,16,18,29H,5-6,8-9,15H2,1-2H3,(H,31,35). The highest BCUT2D eigenvalue weighted by molar-refractivity contribution is 9.10. The van der Waals surface area contributed by atoms with Gasteiger partial charge >= 0.3 is 6.03 Å². The molecule has 5 rings (SSSR count). The second kappa shape index (κ2) is 11.0. The van der Waals surface area contributed by atoms with Crippen LogP contribution in [-0.2, 0) is 6.54 Å². The van der Waals surface area contributed by atoms with Crippen molar-refractivity contribution in [1.29, 1.82) is 0 Å². The summed E-state index contributed by atoms with van der Waals surface area (Å²) < 4.78 is 13.2. The Bertz CT molecular complexity index is 1370. The Balaban J connectivity index is 1.27. The molecular weight excluding hydrogens is 538 g/mol. The normalized spacial score (nSPS) is 14.0. The van der Waals surface area contributed by atoms with Crippen LogP contribution in [0.4, 0.5) is 16.3 Å². The smallest absolute Gasteiger partial charge is 0.321 e. The first-order valence-electron chi connectivity index (χ1n) is 12.0. The number of amides is 2. The minimum absolute atomic E-state index is 0.144. The minimum atomic E-state index is -0.144. The van der Waals surface area contributed by atoms with Crippen molar-refractivity contribution in [3.63, 3.8) is 0 Å². The predicted molar refractivity (Wildman–Crippen MR) is 144 cm³/mol. The van der Waals surface area contributed by atoms with Gasteiger partial charge in [0.2, 0.25) is 0 Å². The van der Waals surface area contributed by atoms with Crippen LogP contribution in [0.3, 0.4) is 0 Å². The molecule has 0 spiro atoms. The van der Waals surface area contributed by atoms with Gasteiger partial charge in [-0.25, -0.2) is 9.78 Å². The molecule has 192 valence electrons. The summed E-state index contributed by atoms with van der Waals surface area (Å²) in [6.07, 6.45) is 6.98. The van der Waals surface area contributed by atoms with Crippen molar-refractivity contribution in [3.05, 3.63) is 70.7 Å². The van der Waals surface area contributed by atoms with E-state index in [0.29, 0.717) is 36.8 Å². The Morgan fingerprint density at radius 3 is 2.54 bits per heavy atom. The lowest BCUT2D eigenvalue weighted by Gasteiger charge is -2.32. The van der Waals surface area contributed by atoms with E-state index < -0.39 is 0 Å². The molecule has 3 aromatic heterocycles. The number of carbonyl (C=O) groups is 1. The highest BCUT2D eigenvalue weighted by atomic mass is 79.9. The summed E-state index contributed by atoms with van der Waals surface area (Å²) in [6.45, 7) is 1.88. The number of benzene rings is 1. The number of methoxy groups -OCH3 is 2. The van der Waals surface area contributed by atoms with Crippen LogP contribution < -0.4 is 20.1 Å². The summed E-state index contributed by atoms with van der Waals surface area (Å²) in [7, 11) is 3.16. The second-order valence-corrected chi connectivity index (χ2v) is 9.66. The van der Waals surface area contributed by atoms with Crippen molar-refractivity contribution in [1.82, 2.24) is 24.5 Å². The zero-order valence-corrected chi connectivity index (χ0v) is 22.2. The molecule has 4 heterocycles. The molecule has 2 N–H and O–H groups in total. The van der Waals surface area contributed by atoms with Crippen LogP contribution >= 0.6 is 15.9 Å². The monoisotopic (exact) mass is 565 g/mol. The number of nitrogens with one attached hydrogen (secondary N) is 2. The summed E-state index contributed by atoms with van der Waals surface area (Å²) in [5, 5.41) is 10.9. The summed E-state index contributed by atoms with van der Waals surface area (Å²) in [6, 6.07) is 11.2. The highest BCUT2D eigenvalue weighted by Crippen LogP contribution is 2.31. The highest BCUT2D eigenvalue weighted by Gasteiger charge is 2.26. The molecule has 1 aliphatic rings. The molecule has 0 radical (unpaired) electrons. The van der Waals surface area contributed by atoms with E-state index in [1.165, 1.54) is 0 Å². The van der Waals surface area contributed by atoms with E-state index >= 15 is 0 Å². The number of urea groups is 1. The number of rotatable bonds is 7. The van der Waals surface area contributed by atoms with Gasteiger partial charge in [-0.15, -0.1) is 0 Å². The number of piperidine rings is 1. The molecule has 0 aliphatic carbocycles. The third-order valence-electron chi connectivity index (χ3n) is 6.45. The zero-order valence-electron chi connectivity index (χ0n) is 20.6. The Labute approximate surface area is 223 Å². The number of likely N-dealkylation sites (tertiary alicyclic amines) is 1. The predicted octanol–water partition coefficient (Wildman–Crippen LogP) is 4.93. The molecular formula is C26H28BrN7O3. The molecule has 37 heavy (non-hydrogen) atoms. The number of carbonyl (C=O) groups excluding carboxylic acids is 1. The maximum atomic E-state index is 13.0. The Kier molecular flexibility index (Phi) is 7.40. The van der Waals surface area contributed by atoms with Gasteiger partial charge in [-0.2, -0.15) is 9.61 Å². The first-order chi connectivity index (χ1) is 18.0. The first-order valence-corrected chi connectivity index (χ1v) is 12.8. The fourth-order valence-corrected chi connectivity index (χ4v) is 4.79. The van der Waals surface area contributed by atoms with Crippen molar-refractivity contribution in [2.45, 2.75) is 25.3 Å². The van der Waals surface area contributed by atoms with Crippen LogP contribution in [0, 0.1) is 0 Å². The largest absolute Gasteiger partial charge is 0.497 e. The van der Waals surface area contributed by atoms with Crippen molar-refractivity contribution in [2.24, 2.45) is 0 Å². The number of fused-ring (bicyclic) bond motifs is 1. The molecule has 1 aliphatic heterocycles. The maximum Gasteiger partial charge on any atom is 0.321 e. The Morgan fingerprint density at radius 1 is 1.11 bits per heavy atom. The van der Waals surface area contributed by atoms with Crippen LogP contribution in [0.15, 0.2) is 59.5 Å². The lowest BCUT2D eigenvalue weighted by Crippen LogP contribution is -2.40. The number of hydrogen-bond acceptors (Lipinski definition) is 7. The van der Waals surface area contributed by atoms with Crippen molar-refractivity contribution in [2.75, 3.05) is 37.9 Å². The van der Waals surface area contributed by atoms with Crippen LogP contribution in [0.5, 0.6) is 11.5 Å². The average Bonchev–Trinajstić information content (AvgIpc) is 3.32. The van der Waals surface area contributed by atoms with Gasteiger partial charge in [0.15, 0.2) is 5.65 Å². The van der Waals surface area contributed by atoms with Gasteiger partial charge in [-0.05, 0) is 40.4 Å². The lowest BCUT2D eigenvalue weighted by atomic mass is 9.93. The van der Waals surface area contributed by atoms with E-state index in [0.717, 1.165) is 40.0 Å². The molecule has 0 unspecified atom stereocenters. The van der Waals surface area contributed by atoms with Crippen molar-refractivity contribution >= 4 is 39.1 Å². The third kappa shape index (κ3) is 5.61. The number of aromatic nitrogens is 4.